The molecule has 1 heterocycles. The molecule has 0 saturated heterocycles. The first-order chi connectivity index (χ1) is 11.2. The molecule has 23 heavy (non-hydrogen) atoms. The number of aliphatic hydroxyl groups excluding tert-OH is 2. The minimum absolute atomic E-state index is 0.0106. The van der Waals surface area contributed by atoms with Gasteiger partial charge in [-0.1, -0.05) is 11.2 Å². The van der Waals surface area contributed by atoms with Gasteiger partial charge in [0.2, 0.25) is 6.79 Å². The lowest BCUT2D eigenvalue weighted by atomic mass is 9.97. The van der Waals surface area contributed by atoms with Crippen LogP contribution in [0.3, 0.4) is 0 Å². The van der Waals surface area contributed by atoms with E-state index in [0.717, 1.165) is 23.5 Å². The van der Waals surface area contributed by atoms with Gasteiger partial charge in [0, 0.05) is 18.1 Å². The third kappa shape index (κ3) is 5.61. The zero-order chi connectivity index (χ0) is 16.5. The van der Waals surface area contributed by atoms with E-state index < -0.39 is 6.10 Å². The molecule has 2 atom stereocenters. The van der Waals surface area contributed by atoms with Gasteiger partial charge >= 0.3 is 0 Å². The number of ether oxygens (including phenoxy) is 3. The molecule has 1 aliphatic rings. The third-order valence-corrected chi connectivity index (χ3v) is 3.52. The summed E-state index contributed by atoms with van der Waals surface area (Å²) < 4.78 is 16.1. The lowest BCUT2D eigenvalue weighted by Gasteiger charge is -2.17. The van der Waals surface area contributed by atoms with Crippen LogP contribution >= 0.6 is 0 Å². The molecule has 0 bridgehead atoms. The van der Waals surface area contributed by atoms with E-state index in [1.807, 2.05) is 18.2 Å². The van der Waals surface area contributed by atoms with Crippen molar-refractivity contribution in [1.29, 1.82) is 0 Å². The van der Waals surface area contributed by atoms with Crippen molar-refractivity contribution in [2.24, 2.45) is 11.0 Å². The Balaban J connectivity index is 1.82. The van der Waals surface area contributed by atoms with E-state index in [1.165, 1.54) is 0 Å². The van der Waals surface area contributed by atoms with E-state index in [2.05, 4.69) is 10.0 Å². The Morgan fingerprint density at radius 3 is 2.91 bits per heavy atom. The average molecular weight is 323 g/mol. The summed E-state index contributed by atoms with van der Waals surface area (Å²) in [4.78, 5) is 2.59. The van der Waals surface area contributed by atoms with Gasteiger partial charge in [0.1, 0.15) is 0 Å². The standard InChI is InChI=1S/C15H21N3O5/c16-18-17-7-13(20)9-21-8-12(3-4-19)5-11-1-2-14-15(6-11)23-10-22-14/h1-2,6,12-13,19-20H,3-5,7-10H2. The van der Waals surface area contributed by atoms with Gasteiger partial charge in [-0.05, 0) is 42.0 Å². The predicted octanol–water partition coefficient (Wildman–Crippen LogP) is 1.64. The summed E-state index contributed by atoms with van der Waals surface area (Å²) in [6.45, 7) is 0.804. The number of aliphatic hydroxyl groups is 2. The molecule has 2 N–H and O–H groups in total. The Morgan fingerprint density at radius 2 is 2.13 bits per heavy atom. The lowest BCUT2D eigenvalue weighted by molar-refractivity contribution is 0.0213. The van der Waals surface area contributed by atoms with E-state index in [1.54, 1.807) is 0 Å². The van der Waals surface area contributed by atoms with Crippen molar-refractivity contribution in [3.63, 3.8) is 0 Å². The molecule has 0 saturated carbocycles. The third-order valence-electron chi connectivity index (χ3n) is 3.52. The molecular formula is C15H21N3O5. The Hall–Kier alpha value is -1.99. The molecule has 0 fully saturated rings. The molecule has 2 unspecified atom stereocenters. The van der Waals surface area contributed by atoms with Crippen LogP contribution in [0.1, 0.15) is 12.0 Å². The van der Waals surface area contributed by atoms with Crippen molar-refractivity contribution < 1.29 is 24.4 Å². The Kier molecular flexibility index (Phi) is 6.96. The van der Waals surface area contributed by atoms with Crippen molar-refractivity contribution in [2.45, 2.75) is 18.9 Å². The molecule has 1 aliphatic heterocycles. The summed E-state index contributed by atoms with van der Waals surface area (Å²) >= 11 is 0. The average Bonchev–Trinajstić information content (AvgIpc) is 3.00. The van der Waals surface area contributed by atoms with Crippen LogP contribution in [-0.2, 0) is 11.2 Å². The van der Waals surface area contributed by atoms with Crippen molar-refractivity contribution in [2.75, 3.05) is 33.2 Å². The molecule has 8 nitrogen and oxygen atoms in total. The molecule has 0 aliphatic carbocycles. The minimum atomic E-state index is -0.814. The number of azide groups is 1. The van der Waals surface area contributed by atoms with Gasteiger partial charge < -0.3 is 24.4 Å². The van der Waals surface area contributed by atoms with Crippen molar-refractivity contribution in [3.05, 3.63) is 34.2 Å². The summed E-state index contributed by atoms with van der Waals surface area (Å²) in [5.74, 6) is 1.59. The van der Waals surface area contributed by atoms with Crippen molar-refractivity contribution in [1.82, 2.24) is 0 Å². The number of hydrogen-bond donors (Lipinski definition) is 2. The quantitative estimate of drug-likeness (QED) is 0.386. The van der Waals surface area contributed by atoms with Crippen molar-refractivity contribution in [3.8, 4) is 11.5 Å². The second kappa shape index (κ2) is 9.22. The fourth-order valence-corrected chi connectivity index (χ4v) is 2.38. The second-order valence-corrected chi connectivity index (χ2v) is 5.37. The van der Waals surface area contributed by atoms with E-state index in [0.29, 0.717) is 13.0 Å². The Labute approximate surface area is 134 Å². The zero-order valence-corrected chi connectivity index (χ0v) is 12.8. The van der Waals surface area contributed by atoms with Crippen molar-refractivity contribution >= 4 is 0 Å². The van der Waals surface area contributed by atoms with Gasteiger partial charge in [-0.15, -0.1) is 0 Å². The Bertz CT molecular complexity index is 548. The van der Waals surface area contributed by atoms with Crippen LogP contribution in [0.2, 0.25) is 0 Å². The maximum Gasteiger partial charge on any atom is 0.231 e. The monoisotopic (exact) mass is 323 g/mol. The summed E-state index contributed by atoms with van der Waals surface area (Å²) in [5.41, 5.74) is 9.26. The molecule has 2 rings (SSSR count). The summed E-state index contributed by atoms with van der Waals surface area (Å²) in [7, 11) is 0. The Morgan fingerprint density at radius 1 is 1.30 bits per heavy atom. The van der Waals surface area contributed by atoms with Crippen LogP contribution in [0, 0.1) is 5.92 Å². The number of rotatable bonds is 10. The number of benzene rings is 1. The molecule has 1 aromatic rings. The number of nitrogens with zero attached hydrogens (tertiary/aromatic N) is 3. The maximum absolute atomic E-state index is 9.55. The molecular weight excluding hydrogens is 302 g/mol. The number of hydrogen-bond acceptors (Lipinski definition) is 6. The van der Waals surface area contributed by atoms with Gasteiger partial charge in [0.15, 0.2) is 11.5 Å². The molecule has 0 aromatic heterocycles. The van der Waals surface area contributed by atoms with Gasteiger partial charge in [0.25, 0.3) is 0 Å². The topological polar surface area (TPSA) is 117 Å². The SMILES string of the molecule is [N-]=[N+]=NCC(O)COCC(CCO)Cc1ccc2c(c1)OCO2. The van der Waals surface area contributed by atoms with Crippen LogP contribution in [0.4, 0.5) is 0 Å². The highest BCUT2D eigenvalue weighted by molar-refractivity contribution is 5.44. The highest BCUT2D eigenvalue weighted by Gasteiger charge is 2.16. The largest absolute Gasteiger partial charge is 0.454 e. The first kappa shape index (κ1) is 17.4. The highest BCUT2D eigenvalue weighted by atomic mass is 16.7. The zero-order valence-electron chi connectivity index (χ0n) is 12.8. The van der Waals surface area contributed by atoms with Crippen LogP contribution in [-0.4, -0.2) is 49.5 Å². The predicted molar refractivity (Wildman–Crippen MR) is 82.3 cm³/mol. The molecule has 0 amide bonds. The fourth-order valence-electron chi connectivity index (χ4n) is 2.38. The van der Waals surface area contributed by atoms with E-state index in [4.69, 9.17) is 19.7 Å². The van der Waals surface area contributed by atoms with Crippen LogP contribution in [0.25, 0.3) is 10.4 Å². The molecule has 1 aromatic carbocycles. The first-order valence-electron chi connectivity index (χ1n) is 7.49. The van der Waals surface area contributed by atoms with E-state index in [-0.39, 0.29) is 32.5 Å². The van der Waals surface area contributed by atoms with E-state index >= 15 is 0 Å². The second-order valence-electron chi connectivity index (χ2n) is 5.37. The summed E-state index contributed by atoms with van der Waals surface area (Å²) in [5, 5.41) is 22.0. The normalized spacial score (nSPS) is 15.0. The van der Waals surface area contributed by atoms with E-state index in [9.17, 15) is 10.2 Å². The van der Waals surface area contributed by atoms with Gasteiger partial charge in [-0.2, -0.15) is 0 Å². The molecule has 0 spiro atoms. The molecule has 8 heteroatoms. The summed E-state index contributed by atoms with van der Waals surface area (Å²) in [6, 6.07) is 5.77. The fraction of sp³-hybridized carbons (Fsp3) is 0.600. The lowest BCUT2D eigenvalue weighted by Crippen LogP contribution is -2.22. The van der Waals surface area contributed by atoms with Crippen LogP contribution in [0.5, 0.6) is 11.5 Å². The number of fused-ring (bicyclic) bond motifs is 1. The minimum Gasteiger partial charge on any atom is -0.454 e. The maximum atomic E-state index is 9.55. The molecule has 126 valence electrons. The molecule has 0 radical (unpaired) electrons. The highest BCUT2D eigenvalue weighted by Crippen LogP contribution is 2.33. The van der Waals surface area contributed by atoms with Gasteiger partial charge in [-0.3, -0.25) is 0 Å². The summed E-state index contributed by atoms with van der Waals surface area (Å²) in [6.07, 6.45) is 0.510. The first-order valence-corrected chi connectivity index (χ1v) is 7.49. The van der Waals surface area contributed by atoms with Gasteiger partial charge in [0.05, 0.1) is 19.3 Å². The van der Waals surface area contributed by atoms with Crippen LogP contribution in [0.15, 0.2) is 23.3 Å². The smallest absolute Gasteiger partial charge is 0.231 e. The van der Waals surface area contributed by atoms with Gasteiger partial charge in [-0.25, -0.2) is 0 Å². The van der Waals surface area contributed by atoms with Crippen LogP contribution < -0.4 is 9.47 Å².